The highest BCUT2D eigenvalue weighted by Crippen LogP contribution is 2.35. The van der Waals surface area contributed by atoms with Crippen molar-refractivity contribution >= 4 is 50.5 Å². The summed E-state index contributed by atoms with van der Waals surface area (Å²) in [6, 6.07) is 7.65. The standard InChI is InChI=1S/C13H6BrCl2N3S/c14-8-3-1-2-7(6-8)9-10(15)18-12(19-11(9)16)13-17-4-5-20-13/h1-6H. The van der Waals surface area contributed by atoms with E-state index in [1.54, 1.807) is 6.20 Å². The third-order valence-corrected chi connectivity index (χ3v) is 4.37. The van der Waals surface area contributed by atoms with Crippen molar-refractivity contribution in [2.24, 2.45) is 0 Å². The van der Waals surface area contributed by atoms with Gasteiger partial charge in [0.15, 0.2) is 10.8 Å². The maximum atomic E-state index is 6.26. The van der Waals surface area contributed by atoms with Gasteiger partial charge in [-0.2, -0.15) is 0 Å². The van der Waals surface area contributed by atoms with Crippen LogP contribution in [0.1, 0.15) is 0 Å². The highest BCUT2D eigenvalue weighted by molar-refractivity contribution is 9.10. The SMILES string of the molecule is Clc1nc(-c2nccs2)nc(Cl)c1-c1cccc(Br)c1. The summed E-state index contributed by atoms with van der Waals surface area (Å²) in [4.78, 5) is 12.7. The van der Waals surface area contributed by atoms with Crippen molar-refractivity contribution in [1.29, 1.82) is 0 Å². The van der Waals surface area contributed by atoms with Crippen molar-refractivity contribution in [2.45, 2.75) is 0 Å². The summed E-state index contributed by atoms with van der Waals surface area (Å²) < 4.78 is 0.936. The molecule has 20 heavy (non-hydrogen) atoms. The molecule has 2 heterocycles. The van der Waals surface area contributed by atoms with Crippen LogP contribution in [0.15, 0.2) is 40.3 Å². The van der Waals surface area contributed by atoms with Crippen LogP contribution < -0.4 is 0 Å². The number of aromatic nitrogens is 3. The molecule has 0 amide bonds. The highest BCUT2D eigenvalue weighted by Gasteiger charge is 2.15. The second-order valence-electron chi connectivity index (χ2n) is 3.85. The fraction of sp³-hybridized carbons (Fsp3) is 0. The Hall–Kier alpha value is -1.01. The molecule has 100 valence electrons. The average molecular weight is 387 g/mol. The second kappa shape index (κ2) is 5.77. The van der Waals surface area contributed by atoms with E-state index in [0.717, 1.165) is 10.0 Å². The van der Waals surface area contributed by atoms with Gasteiger partial charge < -0.3 is 0 Å². The number of rotatable bonds is 2. The molecule has 2 aromatic heterocycles. The Morgan fingerprint density at radius 1 is 1.10 bits per heavy atom. The molecule has 0 atom stereocenters. The van der Waals surface area contributed by atoms with Gasteiger partial charge in [-0.3, -0.25) is 0 Å². The quantitative estimate of drug-likeness (QED) is 0.558. The molecule has 3 nitrogen and oxygen atoms in total. The van der Waals surface area contributed by atoms with Crippen LogP contribution in [0.2, 0.25) is 10.3 Å². The molecular formula is C13H6BrCl2N3S. The predicted octanol–water partition coefficient (Wildman–Crippen LogP) is 5.34. The summed E-state index contributed by atoms with van der Waals surface area (Å²) in [6.45, 7) is 0. The fourth-order valence-electron chi connectivity index (χ4n) is 1.72. The van der Waals surface area contributed by atoms with Crippen molar-refractivity contribution in [2.75, 3.05) is 0 Å². The van der Waals surface area contributed by atoms with Gasteiger partial charge in [0.05, 0.1) is 5.56 Å². The van der Waals surface area contributed by atoms with Crippen molar-refractivity contribution < 1.29 is 0 Å². The Balaban J connectivity index is 2.14. The maximum absolute atomic E-state index is 6.26. The minimum atomic E-state index is 0.313. The van der Waals surface area contributed by atoms with Crippen LogP contribution in [0.5, 0.6) is 0 Å². The van der Waals surface area contributed by atoms with E-state index in [1.807, 2.05) is 29.6 Å². The molecule has 1 aromatic carbocycles. The van der Waals surface area contributed by atoms with Gasteiger partial charge in [0.1, 0.15) is 10.3 Å². The van der Waals surface area contributed by atoms with Gasteiger partial charge in [-0.15, -0.1) is 11.3 Å². The second-order valence-corrected chi connectivity index (χ2v) is 6.38. The van der Waals surface area contributed by atoms with Crippen LogP contribution in [-0.2, 0) is 0 Å². The monoisotopic (exact) mass is 385 g/mol. The highest BCUT2D eigenvalue weighted by atomic mass is 79.9. The summed E-state index contributed by atoms with van der Waals surface area (Å²) in [5.41, 5.74) is 1.48. The van der Waals surface area contributed by atoms with Crippen LogP contribution >= 0.6 is 50.5 Å². The molecule has 0 unspecified atom stereocenters. The normalized spacial score (nSPS) is 10.8. The largest absolute Gasteiger partial charge is 0.241 e. The lowest BCUT2D eigenvalue weighted by Crippen LogP contribution is -1.94. The molecule has 0 spiro atoms. The molecule has 7 heteroatoms. The van der Waals surface area contributed by atoms with Crippen molar-refractivity contribution in [3.05, 3.63) is 50.6 Å². The van der Waals surface area contributed by atoms with E-state index in [0.29, 0.717) is 26.7 Å². The molecule has 0 bridgehead atoms. The van der Waals surface area contributed by atoms with Crippen molar-refractivity contribution in [3.63, 3.8) is 0 Å². The summed E-state index contributed by atoms with van der Waals surface area (Å²) in [6.07, 6.45) is 1.69. The minimum Gasteiger partial charge on any atom is -0.241 e. The zero-order chi connectivity index (χ0) is 14.1. The van der Waals surface area contributed by atoms with E-state index in [-0.39, 0.29) is 0 Å². The van der Waals surface area contributed by atoms with Gasteiger partial charge in [-0.1, -0.05) is 51.3 Å². The van der Waals surface area contributed by atoms with Crippen LogP contribution in [0, 0.1) is 0 Å². The van der Waals surface area contributed by atoms with E-state index in [4.69, 9.17) is 23.2 Å². The molecule has 0 aliphatic rings. The summed E-state index contributed by atoms with van der Waals surface area (Å²) >= 11 is 17.4. The van der Waals surface area contributed by atoms with Gasteiger partial charge in [-0.25, -0.2) is 15.0 Å². The first kappa shape index (κ1) is 13.9. The smallest absolute Gasteiger partial charge is 0.191 e. The number of hydrogen-bond acceptors (Lipinski definition) is 4. The first-order valence-corrected chi connectivity index (χ1v) is 7.97. The first-order chi connectivity index (χ1) is 9.65. The first-order valence-electron chi connectivity index (χ1n) is 5.54. The van der Waals surface area contributed by atoms with E-state index in [9.17, 15) is 0 Å². The van der Waals surface area contributed by atoms with Gasteiger partial charge >= 0.3 is 0 Å². The Labute approximate surface area is 137 Å². The Morgan fingerprint density at radius 3 is 2.45 bits per heavy atom. The fourth-order valence-corrected chi connectivity index (χ4v) is 3.29. The minimum absolute atomic E-state index is 0.313. The molecule has 0 N–H and O–H groups in total. The number of nitrogens with zero attached hydrogens (tertiary/aromatic N) is 3. The number of halogens is 3. The third kappa shape index (κ3) is 2.72. The molecule has 0 radical (unpaired) electrons. The lowest BCUT2D eigenvalue weighted by Gasteiger charge is -2.07. The van der Waals surface area contributed by atoms with Crippen LogP contribution in [0.4, 0.5) is 0 Å². The Bertz CT molecular complexity index is 739. The van der Waals surface area contributed by atoms with Gasteiger partial charge in [0.25, 0.3) is 0 Å². The topological polar surface area (TPSA) is 38.7 Å². The number of thiazole rings is 1. The molecule has 0 saturated heterocycles. The zero-order valence-electron chi connectivity index (χ0n) is 9.85. The number of hydrogen-bond donors (Lipinski definition) is 0. The van der Waals surface area contributed by atoms with E-state index in [2.05, 4.69) is 30.9 Å². The zero-order valence-corrected chi connectivity index (χ0v) is 13.8. The van der Waals surface area contributed by atoms with E-state index >= 15 is 0 Å². The third-order valence-electron chi connectivity index (χ3n) is 2.56. The number of benzene rings is 1. The van der Waals surface area contributed by atoms with E-state index < -0.39 is 0 Å². The molecule has 0 aliphatic carbocycles. The van der Waals surface area contributed by atoms with Crippen LogP contribution in [0.3, 0.4) is 0 Å². The molecule has 3 aromatic rings. The van der Waals surface area contributed by atoms with Gasteiger partial charge in [0, 0.05) is 16.0 Å². The maximum Gasteiger partial charge on any atom is 0.191 e. The molecule has 0 saturated carbocycles. The molecular weight excluding hydrogens is 381 g/mol. The lowest BCUT2D eigenvalue weighted by molar-refractivity contribution is 1.16. The summed E-state index contributed by atoms with van der Waals surface area (Å²) in [5, 5.41) is 3.17. The van der Waals surface area contributed by atoms with Crippen molar-refractivity contribution in [1.82, 2.24) is 15.0 Å². The Morgan fingerprint density at radius 2 is 1.85 bits per heavy atom. The van der Waals surface area contributed by atoms with E-state index in [1.165, 1.54) is 11.3 Å². The Kier molecular flexibility index (Phi) is 4.03. The average Bonchev–Trinajstić information content (AvgIpc) is 2.91. The predicted molar refractivity (Wildman–Crippen MR) is 86.3 cm³/mol. The van der Waals surface area contributed by atoms with Gasteiger partial charge in [-0.05, 0) is 17.7 Å². The molecule has 0 aliphatic heterocycles. The van der Waals surface area contributed by atoms with Crippen molar-refractivity contribution in [3.8, 4) is 22.0 Å². The van der Waals surface area contributed by atoms with Crippen LogP contribution in [-0.4, -0.2) is 15.0 Å². The molecule has 0 fully saturated rings. The summed E-state index contributed by atoms with van der Waals surface area (Å²) in [7, 11) is 0. The molecule has 3 rings (SSSR count). The summed E-state index contributed by atoms with van der Waals surface area (Å²) in [5.74, 6) is 0.439. The lowest BCUT2D eigenvalue weighted by atomic mass is 10.1. The van der Waals surface area contributed by atoms with Crippen LogP contribution in [0.25, 0.3) is 22.0 Å². The van der Waals surface area contributed by atoms with Gasteiger partial charge in [0.2, 0.25) is 0 Å².